The summed E-state index contributed by atoms with van der Waals surface area (Å²) in [7, 11) is 1.97. The summed E-state index contributed by atoms with van der Waals surface area (Å²) in [6.07, 6.45) is 26.6. The minimum absolute atomic E-state index is 0.337. The molecule has 0 saturated heterocycles. The lowest BCUT2D eigenvalue weighted by Gasteiger charge is -2.17. The lowest BCUT2D eigenvalue weighted by molar-refractivity contribution is -0.130. The molecule has 0 aliphatic heterocycles. The molecule has 0 unspecified atom stereocenters. The van der Waals surface area contributed by atoms with Crippen molar-refractivity contribution in [3.8, 4) is 0 Å². The lowest BCUT2D eigenvalue weighted by atomic mass is 10.0. The molecular formula is C25H51NO. The highest BCUT2D eigenvalue weighted by Gasteiger charge is 2.07. The van der Waals surface area contributed by atoms with E-state index in [9.17, 15) is 4.79 Å². The van der Waals surface area contributed by atoms with Crippen LogP contribution in [0.2, 0.25) is 0 Å². The molecule has 1 amide bonds. The number of unbranched alkanes of at least 4 members (excludes halogenated alkanes) is 17. The topological polar surface area (TPSA) is 20.3 Å². The first-order valence-electron chi connectivity index (χ1n) is 12.5. The Bertz CT molecular complexity index is 303. The fourth-order valence-electron chi connectivity index (χ4n) is 3.74. The van der Waals surface area contributed by atoms with Gasteiger partial charge in [-0.05, 0) is 12.8 Å². The summed E-state index contributed by atoms with van der Waals surface area (Å²) in [6, 6.07) is 0. The first-order valence-corrected chi connectivity index (χ1v) is 12.5. The van der Waals surface area contributed by atoms with E-state index in [2.05, 4.69) is 13.8 Å². The fourth-order valence-corrected chi connectivity index (χ4v) is 3.74. The number of hydrogen-bond donors (Lipinski definition) is 0. The molecule has 27 heavy (non-hydrogen) atoms. The maximum absolute atomic E-state index is 11.9. The second-order valence-corrected chi connectivity index (χ2v) is 8.58. The largest absolute Gasteiger partial charge is 0.346 e. The highest BCUT2D eigenvalue weighted by atomic mass is 16.2. The first-order chi connectivity index (χ1) is 13.2. The summed E-state index contributed by atoms with van der Waals surface area (Å²) in [5, 5.41) is 0. The zero-order valence-electron chi connectivity index (χ0n) is 19.2. The summed E-state index contributed by atoms with van der Waals surface area (Å²) in [5.74, 6) is 0.337. The molecule has 0 radical (unpaired) electrons. The highest BCUT2D eigenvalue weighted by Crippen LogP contribution is 2.14. The quantitative estimate of drug-likeness (QED) is 0.183. The van der Waals surface area contributed by atoms with Crippen molar-refractivity contribution in [1.29, 1.82) is 0 Å². The van der Waals surface area contributed by atoms with E-state index < -0.39 is 0 Å². The maximum atomic E-state index is 11.9. The molecular weight excluding hydrogens is 330 g/mol. The average Bonchev–Trinajstić information content (AvgIpc) is 2.67. The third-order valence-corrected chi connectivity index (χ3v) is 5.77. The smallest absolute Gasteiger partial charge is 0.222 e. The molecule has 162 valence electrons. The second kappa shape index (κ2) is 21.8. The molecule has 2 heteroatoms. The van der Waals surface area contributed by atoms with Gasteiger partial charge >= 0.3 is 0 Å². The molecule has 0 fully saturated rings. The van der Waals surface area contributed by atoms with Gasteiger partial charge in [0, 0.05) is 20.0 Å². The molecule has 0 rings (SSSR count). The van der Waals surface area contributed by atoms with Crippen molar-refractivity contribution in [2.45, 2.75) is 142 Å². The van der Waals surface area contributed by atoms with Crippen molar-refractivity contribution < 1.29 is 4.79 Å². The fraction of sp³-hybridized carbons (Fsp3) is 0.960. The van der Waals surface area contributed by atoms with Gasteiger partial charge in [0.05, 0.1) is 0 Å². The molecule has 0 spiro atoms. The molecule has 0 N–H and O–H groups in total. The number of carbonyl (C=O) groups is 1. The van der Waals surface area contributed by atoms with Crippen LogP contribution in [0.25, 0.3) is 0 Å². The van der Waals surface area contributed by atoms with E-state index in [1.807, 2.05) is 11.9 Å². The van der Waals surface area contributed by atoms with Gasteiger partial charge in [-0.1, -0.05) is 123 Å². The molecule has 0 aromatic heterocycles. The molecule has 0 atom stereocenters. The molecule has 2 nitrogen and oxygen atoms in total. The Kier molecular flexibility index (Phi) is 21.3. The molecule has 0 aliphatic carbocycles. The predicted molar refractivity (Wildman–Crippen MR) is 121 cm³/mol. The third-order valence-electron chi connectivity index (χ3n) is 5.77. The van der Waals surface area contributed by atoms with Gasteiger partial charge in [-0.3, -0.25) is 4.79 Å². The molecule has 0 saturated carbocycles. The minimum atomic E-state index is 0.337. The third kappa shape index (κ3) is 20.0. The van der Waals surface area contributed by atoms with E-state index in [0.29, 0.717) is 5.91 Å². The minimum Gasteiger partial charge on any atom is -0.346 e. The van der Waals surface area contributed by atoms with E-state index in [1.165, 1.54) is 116 Å². The van der Waals surface area contributed by atoms with Gasteiger partial charge in [-0.15, -0.1) is 0 Å². The van der Waals surface area contributed by atoms with Crippen LogP contribution >= 0.6 is 0 Å². The zero-order valence-corrected chi connectivity index (χ0v) is 19.2. The van der Waals surface area contributed by atoms with Crippen molar-refractivity contribution in [2.75, 3.05) is 13.6 Å². The van der Waals surface area contributed by atoms with E-state index in [4.69, 9.17) is 0 Å². The average molecular weight is 382 g/mol. The van der Waals surface area contributed by atoms with E-state index in [-0.39, 0.29) is 0 Å². The number of carbonyl (C=O) groups excluding carboxylic acids is 1. The summed E-state index contributed by atoms with van der Waals surface area (Å²) >= 11 is 0. The van der Waals surface area contributed by atoms with Crippen molar-refractivity contribution in [3.05, 3.63) is 0 Å². The van der Waals surface area contributed by atoms with Crippen molar-refractivity contribution in [1.82, 2.24) is 4.90 Å². The summed E-state index contributed by atoms with van der Waals surface area (Å²) in [5.41, 5.74) is 0. The van der Waals surface area contributed by atoms with Crippen molar-refractivity contribution in [3.63, 3.8) is 0 Å². The summed E-state index contributed by atoms with van der Waals surface area (Å²) < 4.78 is 0. The van der Waals surface area contributed by atoms with Gasteiger partial charge in [-0.25, -0.2) is 0 Å². The normalized spacial score (nSPS) is 11.1. The van der Waals surface area contributed by atoms with Crippen LogP contribution in [0.3, 0.4) is 0 Å². The van der Waals surface area contributed by atoms with E-state index in [0.717, 1.165) is 19.4 Å². The van der Waals surface area contributed by atoms with Gasteiger partial charge in [0.25, 0.3) is 0 Å². The maximum Gasteiger partial charge on any atom is 0.222 e. The number of rotatable bonds is 21. The first kappa shape index (κ1) is 26.5. The Morgan fingerprint density at radius 2 is 0.852 bits per heavy atom. The zero-order chi connectivity index (χ0) is 20.0. The Balaban J connectivity index is 3.19. The molecule has 0 aliphatic rings. The Morgan fingerprint density at radius 1 is 0.519 bits per heavy atom. The van der Waals surface area contributed by atoms with Crippen molar-refractivity contribution >= 4 is 5.91 Å². The number of hydrogen-bond acceptors (Lipinski definition) is 1. The van der Waals surface area contributed by atoms with Gasteiger partial charge in [-0.2, -0.15) is 0 Å². The summed E-state index contributed by atoms with van der Waals surface area (Å²) in [4.78, 5) is 13.9. The molecule has 0 aromatic rings. The Labute approximate surface area is 171 Å². The predicted octanol–water partition coefficient (Wildman–Crippen LogP) is 8.29. The van der Waals surface area contributed by atoms with Crippen molar-refractivity contribution in [2.24, 2.45) is 0 Å². The molecule has 0 bridgehead atoms. The van der Waals surface area contributed by atoms with Gasteiger partial charge in [0.2, 0.25) is 5.91 Å². The number of nitrogens with zero attached hydrogens (tertiary/aromatic N) is 1. The number of amides is 1. The monoisotopic (exact) mass is 381 g/mol. The molecule has 0 aromatic carbocycles. The van der Waals surface area contributed by atoms with Crippen LogP contribution in [0, 0.1) is 0 Å². The Morgan fingerprint density at radius 3 is 1.26 bits per heavy atom. The second-order valence-electron chi connectivity index (χ2n) is 8.58. The van der Waals surface area contributed by atoms with Crippen LogP contribution in [0.5, 0.6) is 0 Å². The van der Waals surface area contributed by atoms with Gasteiger partial charge in [0.1, 0.15) is 0 Å². The van der Waals surface area contributed by atoms with Crippen LogP contribution in [0.1, 0.15) is 142 Å². The van der Waals surface area contributed by atoms with Crippen LogP contribution in [0.15, 0.2) is 0 Å². The molecule has 0 heterocycles. The SMILES string of the molecule is CCCCCCCCCCCCCCCCCCN(C)C(=O)CCCCC. The van der Waals surface area contributed by atoms with Gasteiger partial charge < -0.3 is 4.90 Å². The highest BCUT2D eigenvalue weighted by molar-refractivity contribution is 5.75. The van der Waals surface area contributed by atoms with Crippen LogP contribution in [-0.4, -0.2) is 24.4 Å². The van der Waals surface area contributed by atoms with Gasteiger partial charge in [0.15, 0.2) is 0 Å². The summed E-state index contributed by atoms with van der Waals surface area (Å²) in [6.45, 7) is 5.42. The van der Waals surface area contributed by atoms with E-state index in [1.54, 1.807) is 0 Å². The lowest BCUT2D eigenvalue weighted by Crippen LogP contribution is -2.27. The van der Waals surface area contributed by atoms with Crippen LogP contribution < -0.4 is 0 Å². The van der Waals surface area contributed by atoms with Crippen LogP contribution in [-0.2, 0) is 4.79 Å². The van der Waals surface area contributed by atoms with E-state index >= 15 is 0 Å². The van der Waals surface area contributed by atoms with Crippen LogP contribution in [0.4, 0.5) is 0 Å². The Hall–Kier alpha value is -0.530. The standard InChI is InChI=1S/C25H51NO/c1-4-6-8-9-10-11-12-13-14-15-16-17-18-19-20-22-24-26(3)25(27)23-21-7-5-2/h4-24H2,1-3H3.